The molecule has 5 nitrogen and oxygen atoms in total. The number of aliphatic hydroxyl groups excluding tert-OH is 1. The minimum Gasteiger partial charge on any atom is -0.494 e. The van der Waals surface area contributed by atoms with E-state index in [1.165, 1.54) is 19.2 Å². The molecule has 1 aromatic carbocycles. The molecule has 0 aliphatic rings. The molecule has 0 spiro atoms. The van der Waals surface area contributed by atoms with Crippen molar-refractivity contribution in [1.29, 1.82) is 0 Å². The highest BCUT2D eigenvalue weighted by molar-refractivity contribution is 5.68. The molecule has 0 unspecified atom stereocenters. The first-order chi connectivity index (χ1) is 8.19. The van der Waals surface area contributed by atoms with Gasteiger partial charge in [0.2, 0.25) is 0 Å². The third-order valence-electron chi connectivity index (χ3n) is 2.12. The van der Waals surface area contributed by atoms with E-state index in [2.05, 4.69) is 5.32 Å². The molecule has 0 bridgehead atoms. The number of rotatable bonds is 7. The van der Waals surface area contributed by atoms with Gasteiger partial charge >= 0.3 is 0 Å². The number of ether oxygens (including phenoxy) is 2. The lowest BCUT2D eigenvalue weighted by Crippen LogP contribution is -2.12. The number of halogens is 1. The second-order valence-electron chi connectivity index (χ2n) is 3.34. The molecular weight excluding hydrogens is 227 g/mol. The molecule has 96 valence electrons. The highest BCUT2D eigenvalue weighted by Gasteiger charge is 2.07. The molecule has 17 heavy (non-hydrogen) atoms. The second kappa shape index (κ2) is 6.93. The molecule has 0 saturated heterocycles. The van der Waals surface area contributed by atoms with Crippen molar-refractivity contribution in [1.82, 2.24) is 0 Å². The zero-order valence-corrected chi connectivity index (χ0v) is 9.70. The average Bonchev–Trinajstić information content (AvgIpc) is 2.31. The summed E-state index contributed by atoms with van der Waals surface area (Å²) in [6.07, 6.45) is 0. The van der Waals surface area contributed by atoms with E-state index >= 15 is 0 Å². The van der Waals surface area contributed by atoms with Crippen LogP contribution in [-0.2, 0) is 4.74 Å². The van der Waals surface area contributed by atoms with Gasteiger partial charge in [0.1, 0.15) is 0 Å². The smallest absolute Gasteiger partial charge is 0.167 e. The van der Waals surface area contributed by atoms with Crippen LogP contribution in [0.2, 0.25) is 0 Å². The standard InChI is InChI=1S/C11H17FN2O3/c1-16-11-7-10(9(13)6-8(11)12)14-2-4-17-5-3-15/h6-7,14-15H,2-5,13H2,1H3. The van der Waals surface area contributed by atoms with Gasteiger partial charge in [-0.15, -0.1) is 0 Å². The first-order valence-corrected chi connectivity index (χ1v) is 5.24. The average molecular weight is 244 g/mol. The number of methoxy groups -OCH3 is 1. The van der Waals surface area contributed by atoms with Gasteiger partial charge in [0.25, 0.3) is 0 Å². The highest BCUT2D eigenvalue weighted by atomic mass is 19.1. The van der Waals surface area contributed by atoms with Crippen molar-refractivity contribution in [3.8, 4) is 5.75 Å². The van der Waals surface area contributed by atoms with Crippen LogP contribution >= 0.6 is 0 Å². The SMILES string of the molecule is COc1cc(NCCOCCO)c(N)cc1F. The van der Waals surface area contributed by atoms with E-state index < -0.39 is 5.82 Å². The van der Waals surface area contributed by atoms with Gasteiger partial charge in [0, 0.05) is 18.7 Å². The van der Waals surface area contributed by atoms with Gasteiger partial charge in [-0.2, -0.15) is 0 Å². The van der Waals surface area contributed by atoms with E-state index in [9.17, 15) is 4.39 Å². The number of hydrogen-bond acceptors (Lipinski definition) is 5. The molecule has 0 atom stereocenters. The Bertz CT molecular complexity index is 361. The van der Waals surface area contributed by atoms with E-state index in [1.54, 1.807) is 0 Å². The fourth-order valence-corrected chi connectivity index (χ4v) is 1.30. The molecule has 0 radical (unpaired) electrons. The monoisotopic (exact) mass is 244 g/mol. The number of nitrogens with one attached hydrogen (secondary N) is 1. The van der Waals surface area contributed by atoms with Gasteiger partial charge < -0.3 is 25.6 Å². The normalized spacial score (nSPS) is 10.3. The Labute approximate surface area is 99.3 Å². The molecule has 1 aromatic rings. The van der Waals surface area contributed by atoms with Gasteiger partial charge in [0.05, 0.1) is 38.3 Å². The Balaban J connectivity index is 2.52. The number of aliphatic hydroxyl groups is 1. The Hall–Kier alpha value is -1.53. The predicted octanol–water partition coefficient (Wildman–Crippen LogP) is 0.837. The van der Waals surface area contributed by atoms with Crippen molar-refractivity contribution in [2.75, 3.05) is 44.5 Å². The number of nitrogen functional groups attached to an aromatic ring is 1. The summed E-state index contributed by atoms with van der Waals surface area (Å²) in [5, 5.41) is 11.5. The van der Waals surface area contributed by atoms with Gasteiger partial charge in [-0.3, -0.25) is 0 Å². The van der Waals surface area contributed by atoms with Crippen molar-refractivity contribution in [2.24, 2.45) is 0 Å². The molecule has 4 N–H and O–H groups in total. The maximum Gasteiger partial charge on any atom is 0.167 e. The zero-order valence-electron chi connectivity index (χ0n) is 9.70. The number of anilines is 2. The minimum absolute atomic E-state index is 0.00743. The molecule has 0 heterocycles. The van der Waals surface area contributed by atoms with E-state index in [4.69, 9.17) is 20.3 Å². The van der Waals surface area contributed by atoms with Crippen molar-refractivity contribution < 1.29 is 19.0 Å². The molecule has 0 aliphatic carbocycles. The topological polar surface area (TPSA) is 76.7 Å². The van der Waals surface area contributed by atoms with Crippen molar-refractivity contribution in [3.05, 3.63) is 17.9 Å². The van der Waals surface area contributed by atoms with Crippen LogP contribution in [0, 0.1) is 5.82 Å². The molecular formula is C11H17FN2O3. The number of hydrogen-bond donors (Lipinski definition) is 3. The highest BCUT2D eigenvalue weighted by Crippen LogP contribution is 2.27. The number of benzene rings is 1. The lowest BCUT2D eigenvalue weighted by Gasteiger charge is -2.11. The summed E-state index contributed by atoms with van der Waals surface area (Å²) in [4.78, 5) is 0. The van der Waals surface area contributed by atoms with Crippen LogP contribution in [0.5, 0.6) is 5.75 Å². The minimum atomic E-state index is -0.493. The van der Waals surface area contributed by atoms with Gasteiger partial charge in [-0.1, -0.05) is 0 Å². The summed E-state index contributed by atoms with van der Waals surface area (Å²) in [7, 11) is 1.39. The Kier molecular flexibility index (Phi) is 5.51. The van der Waals surface area contributed by atoms with E-state index in [0.29, 0.717) is 31.1 Å². The summed E-state index contributed by atoms with van der Waals surface area (Å²) in [6, 6.07) is 2.70. The lowest BCUT2D eigenvalue weighted by atomic mass is 10.2. The van der Waals surface area contributed by atoms with Crippen molar-refractivity contribution in [2.45, 2.75) is 0 Å². The molecule has 1 rings (SSSR count). The summed E-state index contributed by atoms with van der Waals surface area (Å²) in [5.74, 6) is -0.356. The Morgan fingerprint density at radius 3 is 2.82 bits per heavy atom. The number of nitrogens with two attached hydrogens (primary N) is 1. The quantitative estimate of drug-likeness (QED) is 0.489. The van der Waals surface area contributed by atoms with Gasteiger partial charge in [0.15, 0.2) is 11.6 Å². The van der Waals surface area contributed by atoms with Crippen LogP contribution in [0.4, 0.5) is 15.8 Å². The third kappa shape index (κ3) is 4.08. The van der Waals surface area contributed by atoms with Crippen LogP contribution in [0.3, 0.4) is 0 Å². The van der Waals surface area contributed by atoms with E-state index in [1.807, 2.05) is 0 Å². The molecule has 6 heteroatoms. The first kappa shape index (κ1) is 13.5. The lowest BCUT2D eigenvalue weighted by molar-refractivity contribution is 0.0992. The maximum atomic E-state index is 13.2. The van der Waals surface area contributed by atoms with Crippen molar-refractivity contribution >= 4 is 11.4 Å². The van der Waals surface area contributed by atoms with Gasteiger partial charge in [-0.05, 0) is 0 Å². The maximum absolute atomic E-state index is 13.2. The first-order valence-electron chi connectivity index (χ1n) is 5.24. The molecule has 0 fully saturated rings. The zero-order chi connectivity index (χ0) is 12.7. The van der Waals surface area contributed by atoms with Crippen LogP contribution in [-0.4, -0.2) is 38.6 Å². The van der Waals surface area contributed by atoms with Crippen LogP contribution < -0.4 is 15.8 Å². The molecule has 0 aliphatic heterocycles. The molecule has 0 aromatic heterocycles. The van der Waals surface area contributed by atoms with Crippen LogP contribution in [0.25, 0.3) is 0 Å². The van der Waals surface area contributed by atoms with Crippen LogP contribution in [0.1, 0.15) is 0 Å². The summed E-state index contributed by atoms with van der Waals surface area (Å²) < 4.78 is 23.2. The predicted molar refractivity (Wildman–Crippen MR) is 63.8 cm³/mol. The Morgan fingerprint density at radius 1 is 1.41 bits per heavy atom. The summed E-state index contributed by atoms with van der Waals surface area (Å²) >= 11 is 0. The Morgan fingerprint density at radius 2 is 2.18 bits per heavy atom. The largest absolute Gasteiger partial charge is 0.494 e. The summed E-state index contributed by atoms with van der Waals surface area (Å²) in [5.41, 5.74) is 6.55. The molecule has 0 saturated carbocycles. The second-order valence-corrected chi connectivity index (χ2v) is 3.34. The van der Waals surface area contributed by atoms with Crippen LogP contribution in [0.15, 0.2) is 12.1 Å². The summed E-state index contributed by atoms with van der Waals surface area (Å²) in [6.45, 7) is 1.23. The van der Waals surface area contributed by atoms with E-state index in [-0.39, 0.29) is 12.4 Å². The fraction of sp³-hybridized carbons (Fsp3) is 0.455. The molecule has 0 amide bonds. The third-order valence-corrected chi connectivity index (χ3v) is 2.12. The van der Waals surface area contributed by atoms with Crippen molar-refractivity contribution in [3.63, 3.8) is 0 Å². The van der Waals surface area contributed by atoms with E-state index in [0.717, 1.165) is 0 Å². The van der Waals surface area contributed by atoms with Gasteiger partial charge in [-0.25, -0.2) is 4.39 Å². The fourth-order valence-electron chi connectivity index (χ4n) is 1.30.